The van der Waals surface area contributed by atoms with Gasteiger partial charge in [-0.25, -0.2) is 0 Å². The van der Waals surface area contributed by atoms with Gasteiger partial charge in [0.25, 0.3) is 5.91 Å². The molecule has 4 fully saturated rings. The number of rotatable bonds is 8. The molecular formula is C25H33N3O2. The van der Waals surface area contributed by atoms with Crippen LogP contribution < -0.4 is 15.4 Å². The first-order valence-corrected chi connectivity index (χ1v) is 11.3. The summed E-state index contributed by atoms with van der Waals surface area (Å²) in [5, 5.41) is 15.8. The van der Waals surface area contributed by atoms with Crippen LogP contribution in [0.2, 0.25) is 0 Å². The Morgan fingerprint density at radius 3 is 2.53 bits per heavy atom. The topological polar surface area (TPSA) is 74.1 Å². The van der Waals surface area contributed by atoms with Crippen molar-refractivity contribution in [3.05, 3.63) is 41.6 Å². The predicted octanol–water partition coefficient (Wildman–Crippen LogP) is 3.96. The molecule has 4 bridgehead atoms. The van der Waals surface area contributed by atoms with Crippen molar-refractivity contribution in [2.75, 3.05) is 13.7 Å². The Hall–Kier alpha value is -2.48. The predicted molar refractivity (Wildman–Crippen MR) is 117 cm³/mol. The maximum atomic E-state index is 12.8. The lowest BCUT2D eigenvalue weighted by molar-refractivity contribution is -0.122. The molecule has 0 aromatic heterocycles. The van der Waals surface area contributed by atoms with Crippen LogP contribution >= 0.6 is 0 Å². The first kappa shape index (κ1) is 20.8. The number of nitriles is 1. The van der Waals surface area contributed by atoms with Crippen molar-refractivity contribution in [1.82, 2.24) is 10.6 Å². The zero-order chi connectivity index (χ0) is 21.1. The van der Waals surface area contributed by atoms with Gasteiger partial charge in [-0.1, -0.05) is 12.1 Å². The normalized spacial score (nSPS) is 30.4. The molecule has 5 nitrogen and oxygen atoms in total. The molecular weight excluding hydrogens is 374 g/mol. The highest BCUT2D eigenvalue weighted by Crippen LogP contribution is 2.61. The number of nitrogens with zero attached hydrogens (tertiary/aromatic N) is 1. The maximum absolute atomic E-state index is 12.8. The Balaban J connectivity index is 1.31. The number of ether oxygens (including phenoxy) is 1. The number of amides is 1. The summed E-state index contributed by atoms with van der Waals surface area (Å²) in [7, 11) is 1.66. The van der Waals surface area contributed by atoms with Crippen LogP contribution in [0.4, 0.5) is 0 Å². The third-order valence-electron chi connectivity index (χ3n) is 7.66. The molecule has 0 spiro atoms. The van der Waals surface area contributed by atoms with Crippen LogP contribution in [0.3, 0.4) is 0 Å². The van der Waals surface area contributed by atoms with E-state index in [0.717, 1.165) is 35.5 Å². The van der Waals surface area contributed by atoms with E-state index in [1.54, 1.807) is 13.3 Å². The maximum Gasteiger partial charge on any atom is 0.263 e. The molecule has 1 atom stereocenters. The number of benzene rings is 1. The lowest BCUT2D eigenvalue weighted by Gasteiger charge is -2.59. The van der Waals surface area contributed by atoms with Gasteiger partial charge < -0.3 is 15.4 Å². The van der Waals surface area contributed by atoms with Gasteiger partial charge in [0, 0.05) is 18.8 Å². The summed E-state index contributed by atoms with van der Waals surface area (Å²) in [6.07, 6.45) is 10.2. The third kappa shape index (κ3) is 4.33. The number of carbonyl (C=O) groups is 1. The SMILES string of the molecule is COc1cccc(CCN/C=C(/C#N)C(=O)NC(C)C23CC4CC(CC(C4)C2)C3)c1. The largest absolute Gasteiger partial charge is 0.497 e. The monoisotopic (exact) mass is 407 g/mol. The molecule has 0 radical (unpaired) electrons. The molecule has 1 amide bonds. The number of hydrogen-bond donors (Lipinski definition) is 2. The van der Waals surface area contributed by atoms with E-state index in [1.165, 1.54) is 38.5 Å². The van der Waals surface area contributed by atoms with E-state index in [9.17, 15) is 10.1 Å². The van der Waals surface area contributed by atoms with Crippen molar-refractivity contribution in [2.45, 2.75) is 57.9 Å². The average molecular weight is 408 g/mol. The third-order valence-corrected chi connectivity index (χ3v) is 7.66. The first-order chi connectivity index (χ1) is 14.5. The standard InChI is InChI=1S/C25H33N3O2/c1-17(25-12-19-8-20(13-25)10-21(9-19)14-25)28-24(29)22(15-26)16-27-7-6-18-4-3-5-23(11-18)30-2/h3-5,11,16-17,19-21,27H,6-10,12-14H2,1-2H3,(H,28,29)/b22-16-. The van der Waals surface area contributed by atoms with Crippen molar-refractivity contribution in [1.29, 1.82) is 5.26 Å². The Labute approximate surface area is 179 Å². The van der Waals surface area contributed by atoms with Gasteiger partial charge in [-0.3, -0.25) is 4.79 Å². The van der Waals surface area contributed by atoms with Gasteiger partial charge in [-0.2, -0.15) is 5.26 Å². The molecule has 0 aliphatic heterocycles. The van der Waals surface area contributed by atoms with Gasteiger partial charge in [0.1, 0.15) is 17.4 Å². The molecule has 1 aromatic rings. The zero-order valence-corrected chi connectivity index (χ0v) is 18.1. The van der Waals surface area contributed by atoms with Crippen molar-refractivity contribution in [2.24, 2.45) is 23.2 Å². The molecule has 5 heteroatoms. The van der Waals surface area contributed by atoms with Crippen LogP contribution in [0.25, 0.3) is 0 Å². The Kier molecular flexibility index (Phi) is 6.04. The number of hydrogen-bond acceptors (Lipinski definition) is 4. The fourth-order valence-corrected chi connectivity index (χ4v) is 6.50. The second-order valence-corrected chi connectivity index (χ2v) is 9.70. The van der Waals surface area contributed by atoms with Crippen LogP contribution in [0.15, 0.2) is 36.0 Å². The van der Waals surface area contributed by atoms with Gasteiger partial charge in [-0.15, -0.1) is 0 Å². The van der Waals surface area contributed by atoms with E-state index < -0.39 is 0 Å². The summed E-state index contributed by atoms with van der Waals surface area (Å²) in [5.74, 6) is 3.12. The van der Waals surface area contributed by atoms with E-state index in [2.05, 4.69) is 23.6 Å². The minimum absolute atomic E-state index is 0.118. The van der Waals surface area contributed by atoms with Crippen molar-refractivity contribution in [3.8, 4) is 11.8 Å². The van der Waals surface area contributed by atoms with Crippen molar-refractivity contribution >= 4 is 5.91 Å². The zero-order valence-electron chi connectivity index (χ0n) is 18.1. The van der Waals surface area contributed by atoms with Crippen LogP contribution in [-0.2, 0) is 11.2 Å². The first-order valence-electron chi connectivity index (χ1n) is 11.3. The number of methoxy groups -OCH3 is 1. The molecule has 4 aliphatic rings. The molecule has 4 aliphatic carbocycles. The van der Waals surface area contributed by atoms with Gasteiger partial charge in [0.05, 0.1) is 7.11 Å². The summed E-state index contributed by atoms with van der Waals surface area (Å²) in [4.78, 5) is 12.8. The van der Waals surface area contributed by atoms with Crippen molar-refractivity contribution < 1.29 is 9.53 Å². The quantitative estimate of drug-likeness (QED) is 0.389. The Bertz CT molecular complexity index is 819. The van der Waals surface area contributed by atoms with E-state index in [1.807, 2.05) is 24.3 Å². The minimum atomic E-state index is -0.255. The summed E-state index contributed by atoms with van der Waals surface area (Å²) in [5.41, 5.74) is 1.54. The van der Waals surface area contributed by atoms with E-state index >= 15 is 0 Å². The second kappa shape index (κ2) is 8.71. The molecule has 0 saturated heterocycles. The van der Waals surface area contributed by atoms with E-state index in [0.29, 0.717) is 6.54 Å². The summed E-state index contributed by atoms with van der Waals surface area (Å²) in [6, 6.07) is 10.1. The molecule has 2 N–H and O–H groups in total. The smallest absolute Gasteiger partial charge is 0.263 e. The summed E-state index contributed by atoms with van der Waals surface area (Å²) < 4.78 is 5.24. The molecule has 160 valence electrons. The van der Waals surface area contributed by atoms with Gasteiger partial charge in [0.2, 0.25) is 0 Å². The second-order valence-electron chi connectivity index (χ2n) is 9.70. The van der Waals surface area contributed by atoms with Crippen molar-refractivity contribution in [3.63, 3.8) is 0 Å². The molecule has 5 rings (SSSR count). The van der Waals surface area contributed by atoms with Crippen LogP contribution in [0.5, 0.6) is 5.75 Å². The van der Waals surface area contributed by atoms with E-state index in [-0.39, 0.29) is 22.9 Å². The van der Waals surface area contributed by atoms with Gasteiger partial charge in [0.15, 0.2) is 0 Å². The lowest BCUT2D eigenvalue weighted by Crippen LogP contribution is -2.56. The summed E-state index contributed by atoms with van der Waals surface area (Å²) >= 11 is 0. The fraction of sp³-hybridized carbons (Fsp3) is 0.600. The Morgan fingerprint density at radius 1 is 1.27 bits per heavy atom. The van der Waals surface area contributed by atoms with Crippen LogP contribution in [0, 0.1) is 34.5 Å². The molecule has 1 aromatic carbocycles. The minimum Gasteiger partial charge on any atom is -0.497 e. The molecule has 0 heterocycles. The number of nitrogens with one attached hydrogen (secondary N) is 2. The highest BCUT2D eigenvalue weighted by atomic mass is 16.5. The highest BCUT2D eigenvalue weighted by molar-refractivity contribution is 5.97. The summed E-state index contributed by atoms with van der Waals surface area (Å²) in [6.45, 7) is 2.80. The fourth-order valence-electron chi connectivity index (χ4n) is 6.50. The average Bonchev–Trinajstić information content (AvgIpc) is 2.73. The molecule has 4 saturated carbocycles. The van der Waals surface area contributed by atoms with Crippen LogP contribution in [0.1, 0.15) is 51.0 Å². The van der Waals surface area contributed by atoms with Gasteiger partial charge >= 0.3 is 0 Å². The highest BCUT2D eigenvalue weighted by Gasteiger charge is 2.53. The lowest BCUT2D eigenvalue weighted by atomic mass is 9.48. The molecule has 30 heavy (non-hydrogen) atoms. The van der Waals surface area contributed by atoms with Gasteiger partial charge in [-0.05, 0) is 92.7 Å². The van der Waals surface area contributed by atoms with Crippen LogP contribution in [-0.4, -0.2) is 25.6 Å². The molecule has 1 unspecified atom stereocenters. The Morgan fingerprint density at radius 2 is 1.93 bits per heavy atom. The van der Waals surface area contributed by atoms with E-state index in [4.69, 9.17) is 4.74 Å². The number of carbonyl (C=O) groups excluding carboxylic acids is 1.